The quantitative estimate of drug-likeness (QED) is 0.208. The maximum absolute atomic E-state index is 13.6. The third-order valence-corrected chi connectivity index (χ3v) is 6.76. The van der Waals surface area contributed by atoms with Crippen molar-refractivity contribution in [2.45, 2.75) is 12.8 Å². The molecule has 0 aliphatic heterocycles. The van der Waals surface area contributed by atoms with Crippen LogP contribution in [0.1, 0.15) is 27.9 Å². The summed E-state index contributed by atoms with van der Waals surface area (Å²) in [4.78, 5) is 36.0. The van der Waals surface area contributed by atoms with Gasteiger partial charge in [-0.1, -0.05) is 36.4 Å². The lowest BCUT2D eigenvalue weighted by molar-refractivity contribution is -0.136. The van der Waals surface area contributed by atoms with Crippen LogP contribution in [0, 0.1) is 0 Å². The predicted molar refractivity (Wildman–Crippen MR) is 143 cm³/mol. The molecule has 0 bridgehead atoms. The minimum absolute atomic E-state index is 0.0361. The van der Waals surface area contributed by atoms with Crippen LogP contribution < -0.4 is 4.31 Å². The predicted octanol–water partition coefficient (Wildman–Crippen LogP) is 4.81. The highest BCUT2D eigenvalue weighted by Crippen LogP contribution is 2.30. The van der Waals surface area contributed by atoms with Gasteiger partial charge in [0, 0.05) is 47.1 Å². The Labute approximate surface area is 220 Å². The highest BCUT2D eigenvalue weighted by molar-refractivity contribution is 7.81. The van der Waals surface area contributed by atoms with Crippen LogP contribution in [0.3, 0.4) is 0 Å². The molecular weight excluding hydrogens is 504 g/mol. The number of fused-ring (bicyclic) bond motifs is 1. The average Bonchev–Trinajstić information content (AvgIpc) is 3.36. The monoisotopic (exact) mass is 525 g/mol. The van der Waals surface area contributed by atoms with Gasteiger partial charge in [-0.15, -0.1) is 0 Å². The van der Waals surface area contributed by atoms with Gasteiger partial charge in [-0.05, 0) is 47.9 Å². The number of aromatic amines is 1. The van der Waals surface area contributed by atoms with Crippen LogP contribution >= 0.6 is 0 Å². The fourth-order valence-electron chi connectivity index (χ4n) is 4.23. The van der Waals surface area contributed by atoms with Crippen molar-refractivity contribution >= 4 is 45.4 Å². The number of pyridine rings is 2. The highest BCUT2D eigenvalue weighted by Gasteiger charge is 2.18. The van der Waals surface area contributed by atoms with Crippen molar-refractivity contribution < 1.29 is 23.5 Å². The summed E-state index contributed by atoms with van der Waals surface area (Å²) in [6.45, 7) is 0. The molecule has 38 heavy (non-hydrogen) atoms. The topological polar surface area (TPSA) is 139 Å². The normalized spacial score (nSPS) is 11.8. The van der Waals surface area contributed by atoms with Crippen LogP contribution in [0.5, 0.6) is 0 Å². The number of aryl methyl sites for hydroxylation is 1. The van der Waals surface area contributed by atoms with Crippen LogP contribution in [0.2, 0.25) is 0 Å². The minimum atomic E-state index is -2.63. The van der Waals surface area contributed by atoms with E-state index in [4.69, 9.17) is 5.11 Å². The summed E-state index contributed by atoms with van der Waals surface area (Å²) in [5.74, 6) is -1.15. The lowest BCUT2D eigenvalue weighted by Crippen LogP contribution is -2.20. The van der Waals surface area contributed by atoms with E-state index in [2.05, 4.69) is 15.0 Å². The number of aromatic nitrogens is 3. The fraction of sp³-hybridized carbons (Fsp3) is 0.0714. The number of hydrogen-bond acceptors (Lipinski definition) is 6. The van der Waals surface area contributed by atoms with Crippen LogP contribution in [0.15, 0.2) is 91.5 Å². The number of anilines is 2. The maximum atomic E-state index is 13.6. The van der Waals surface area contributed by atoms with Gasteiger partial charge in [0.1, 0.15) is 5.65 Å². The molecule has 0 radical (unpaired) electrons. The first-order valence-corrected chi connectivity index (χ1v) is 12.7. The van der Waals surface area contributed by atoms with E-state index in [0.29, 0.717) is 40.0 Å². The number of carboxylic acids is 1. The first-order chi connectivity index (χ1) is 18.4. The molecule has 5 rings (SSSR count). The molecule has 1 atom stereocenters. The molecule has 0 aliphatic carbocycles. The Morgan fingerprint density at radius 2 is 1.79 bits per heavy atom. The van der Waals surface area contributed by atoms with Crippen molar-refractivity contribution in [1.29, 1.82) is 0 Å². The molecule has 0 saturated heterocycles. The summed E-state index contributed by atoms with van der Waals surface area (Å²) in [7, 11) is 0. The van der Waals surface area contributed by atoms with Crippen molar-refractivity contribution in [3.8, 4) is 11.1 Å². The first kappa shape index (κ1) is 25.0. The Bertz CT molecular complexity index is 1670. The van der Waals surface area contributed by atoms with Crippen LogP contribution in [-0.2, 0) is 22.5 Å². The van der Waals surface area contributed by atoms with E-state index in [-0.39, 0.29) is 12.2 Å². The highest BCUT2D eigenvalue weighted by atomic mass is 32.2. The second kappa shape index (κ2) is 10.8. The molecule has 0 saturated carbocycles. The zero-order chi connectivity index (χ0) is 26.6. The van der Waals surface area contributed by atoms with Crippen molar-refractivity contribution in [2.75, 3.05) is 4.31 Å². The Morgan fingerprint density at radius 1 is 0.974 bits per heavy atom. The SMILES string of the molecule is O=C(O)CCc1cccc(-c2cnc3[nH]cc(C(=O)c4cccc(N(c5cccnc5)S(=O)[O-])c4)c3c2)c1. The number of carbonyl (C=O) groups is 2. The second-order valence-corrected chi connectivity index (χ2v) is 9.32. The van der Waals surface area contributed by atoms with E-state index < -0.39 is 17.2 Å². The number of rotatable bonds is 9. The van der Waals surface area contributed by atoms with Gasteiger partial charge in [0.2, 0.25) is 0 Å². The Morgan fingerprint density at radius 3 is 2.55 bits per heavy atom. The van der Waals surface area contributed by atoms with E-state index in [1.807, 2.05) is 30.3 Å². The smallest absolute Gasteiger partial charge is 0.303 e. The Balaban J connectivity index is 1.49. The van der Waals surface area contributed by atoms with Crippen molar-refractivity contribution in [1.82, 2.24) is 15.0 Å². The third-order valence-electron chi connectivity index (χ3n) is 6.04. The molecule has 9 nitrogen and oxygen atoms in total. The van der Waals surface area contributed by atoms with Crippen LogP contribution in [0.4, 0.5) is 11.4 Å². The standard InChI is InChI=1S/C28H22N4O5S/c33-26(34)10-9-18-4-1-5-19(12-18)21-14-24-25(17-31-28(24)30-15-21)27(35)20-6-2-7-22(13-20)32(38(36)37)23-8-3-11-29-16-23/h1-8,11-17H,9-10H2,(H,30,31)(H,33,34)(H,36,37)/p-1. The summed E-state index contributed by atoms with van der Waals surface area (Å²) in [6.07, 6.45) is 6.69. The maximum Gasteiger partial charge on any atom is 0.303 e. The second-order valence-electron chi connectivity index (χ2n) is 8.52. The molecule has 3 heterocycles. The molecule has 5 aromatic rings. The summed E-state index contributed by atoms with van der Waals surface area (Å²) >= 11 is -2.63. The molecule has 10 heteroatoms. The van der Waals surface area contributed by atoms with Gasteiger partial charge in [-0.3, -0.25) is 23.1 Å². The third kappa shape index (κ3) is 5.22. The fourth-order valence-corrected chi connectivity index (χ4v) is 4.80. The zero-order valence-electron chi connectivity index (χ0n) is 19.9. The van der Waals surface area contributed by atoms with E-state index in [9.17, 15) is 18.4 Å². The van der Waals surface area contributed by atoms with E-state index in [0.717, 1.165) is 21.0 Å². The Hall–Kier alpha value is -4.67. The molecule has 1 unspecified atom stereocenters. The number of carbonyl (C=O) groups excluding carboxylic acids is 1. The number of ketones is 1. The first-order valence-electron chi connectivity index (χ1n) is 11.6. The number of hydrogen-bond donors (Lipinski definition) is 2. The average molecular weight is 526 g/mol. The molecule has 3 aromatic heterocycles. The van der Waals surface area contributed by atoms with Gasteiger partial charge in [-0.2, -0.15) is 0 Å². The largest absolute Gasteiger partial charge is 0.755 e. The molecule has 0 aliphatic rings. The molecule has 190 valence electrons. The van der Waals surface area contributed by atoms with Gasteiger partial charge in [0.05, 0.1) is 28.8 Å². The molecule has 0 spiro atoms. The molecular formula is C28H21N4O5S-. The van der Waals surface area contributed by atoms with E-state index in [1.54, 1.807) is 48.9 Å². The lowest BCUT2D eigenvalue weighted by atomic mass is 9.99. The van der Waals surface area contributed by atoms with E-state index in [1.165, 1.54) is 12.3 Å². The molecule has 2 aromatic carbocycles. The number of nitrogens with zero attached hydrogens (tertiary/aromatic N) is 3. The van der Waals surface area contributed by atoms with Gasteiger partial charge >= 0.3 is 5.97 Å². The van der Waals surface area contributed by atoms with Crippen LogP contribution in [0.25, 0.3) is 22.2 Å². The number of H-pyrrole nitrogens is 1. The Kier molecular flexibility index (Phi) is 7.07. The van der Waals surface area contributed by atoms with E-state index >= 15 is 0 Å². The van der Waals surface area contributed by atoms with Crippen molar-refractivity contribution in [3.05, 3.63) is 108 Å². The van der Waals surface area contributed by atoms with Gasteiger partial charge in [0.25, 0.3) is 0 Å². The zero-order valence-corrected chi connectivity index (χ0v) is 20.7. The summed E-state index contributed by atoms with van der Waals surface area (Å²) in [5.41, 5.74) is 4.41. The number of nitrogens with one attached hydrogen (secondary N) is 1. The molecule has 2 N–H and O–H groups in total. The number of carboxylic acid groups (broad SMARTS) is 1. The minimum Gasteiger partial charge on any atom is -0.755 e. The summed E-state index contributed by atoms with van der Waals surface area (Å²) in [5, 5.41) is 9.60. The summed E-state index contributed by atoms with van der Waals surface area (Å²) < 4.78 is 25.1. The lowest BCUT2D eigenvalue weighted by Gasteiger charge is -2.26. The number of aliphatic carboxylic acids is 1. The molecule has 0 amide bonds. The van der Waals surface area contributed by atoms with Gasteiger partial charge < -0.3 is 14.6 Å². The molecule has 0 fully saturated rings. The van der Waals surface area contributed by atoms with Crippen molar-refractivity contribution in [3.63, 3.8) is 0 Å². The van der Waals surface area contributed by atoms with Crippen LogP contribution in [-0.4, -0.2) is 40.6 Å². The summed E-state index contributed by atoms with van der Waals surface area (Å²) in [6, 6.07) is 19.0. The van der Waals surface area contributed by atoms with Gasteiger partial charge in [0.15, 0.2) is 5.78 Å². The number of benzene rings is 2. The van der Waals surface area contributed by atoms with Crippen molar-refractivity contribution in [2.24, 2.45) is 0 Å². The van der Waals surface area contributed by atoms with Gasteiger partial charge in [-0.25, -0.2) is 4.98 Å².